The van der Waals surface area contributed by atoms with Gasteiger partial charge in [-0.1, -0.05) is 12.1 Å². The Morgan fingerprint density at radius 1 is 1.11 bits per heavy atom. The molecule has 28 heavy (non-hydrogen) atoms. The number of nitrogens with one attached hydrogen (secondary N) is 1. The summed E-state index contributed by atoms with van der Waals surface area (Å²) in [6.45, 7) is 0. The van der Waals surface area contributed by atoms with Crippen LogP contribution in [0.3, 0.4) is 0 Å². The molecular formula is C18H15F2N3O3S2. The van der Waals surface area contributed by atoms with E-state index in [0.29, 0.717) is 11.3 Å². The van der Waals surface area contributed by atoms with E-state index in [1.54, 1.807) is 17.5 Å². The van der Waals surface area contributed by atoms with Gasteiger partial charge in [-0.2, -0.15) is 0 Å². The van der Waals surface area contributed by atoms with Crippen LogP contribution in [0.5, 0.6) is 0 Å². The van der Waals surface area contributed by atoms with Gasteiger partial charge in [-0.25, -0.2) is 26.5 Å². The maximum absolute atomic E-state index is 13.7. The molecule has 0 saturated carbocycles. The van der Waals surface area contributed by atoms with Crippen LogP contribution in [-0.2, 0) is 10.0 Å². The fourth-order valence-electron chi connectivity index (χ4n) is 2.31. The fraction of sp³-hybridized carbons (Fsp3) is 0.111. The van der Waals surface area contributed by atoms with Crippen molar-refractivity contribution in [3.8, 4) is 11.3 Å². The van der Waals surface area contributed by atoms with Crippen LogP contribution in [0.1, 0.15) is 10.4 Å². The van der Waals surface area contributed by atoms with Crippen LogP contribution in [0.25, 0.3) is 11.3 Å². The van der Waals surface area contributed by atoms with E-state index < -0.39 is 33.1 Å². The Labute approximate surface area is 164 Å². The number of thiazole rings is 1. The summed E-state index contributed by atoms with van der Waals surface area (Å²) in [4.78, 5) is 16.5. The van der Waals surface area contributed by atoms with Crippen LogP contribution in [0, 0.1) is 11.6 Å². The lowest BCUT2D eigenvalue weighted by molar-refractivity contribution is 0.102. The van der Waals surface area contributed by atoms with Gasteiger partial charge in [0.25, 0.3) is 5.91 Å². The van der Waals surface area contributed by atoms with Crippen LogP contribution < -0.4 is 5.32 Å². The average Bonchev–Trinajstić information content (AvgIpc) is 3.12. The predicted molar refractivity (Wildman–Crippen MR) is 103 cm³/mol. The zero-order valence-electron chi connectivity index (χ0n) is 14.8. The molecule has 0 bridgehead atoms. The van der Waals surface area contributed by atoms with Crippen molar-refractivity contribution >= 4 is 32.4 Å². The molecule has 0 saturated heterocycles. The van der Waals surface area contributed by atoms with Crippen LogP contribution in [-0.4, -0.2) is 37.7 Å². The van der Waals surface area contributed by atoms with Crippen molar-refractivity contribution in [1.29, 1.82) is 0 Å². The molecule has 10 heteroatoms. The highest BCUT2D eigenvalue weighted by atomic mass is 32.2. The molecule has 0 unspecified atom stereocenters. The van der Waals surface area contributed by atoms with Gasteiger partial charge in [0, 0.05) is 25.0 Å². The number of hydrogen-bond donors (Lipinski definition) is 1. The number of anilines is 1. The minimum atomic E-state index is -3.53. The average molecular weight is 423 g/mol. The van der Waals surface area contributed by atoms with Gasteiger partial charge in [0.2, 0.25) is 10.0 Å². The second-order valence-corrected chi connectivity index (χ2v) is 8.94. The second kappa shape index (κ2) is 7.74. The van der Waals surface area contributed by atoms with E-state index in [9.17, 15) is 22.0 Å². The third-order valence-corrected chi connectivity index (χ3v) is 6.41. The maximum Gasteiger partial charge on any atom is 0.260 e. The van der Waals surface area contributed by atoms with E-state index in [2.05, 4.69) is 10.3 Å². The third kappa shape index (κ3) is 4.08. The smallest absolute Gasteiger partial charge is 0.260 e. The van der Waals surface area contributed by atoms with Crippen LogP contribution >= 0.6 is 11.3 Å². The Morgan fingerprint density at radius 2 is 1.79 bits per heavy atom. The number of amides is 1. The number of sulfonamides is 1. The molecule has 0 radical (unpaired) electrons. The van der Waals surface area contributed by atoms with Crippen molar-refractivity contribution < 1.29 is 22.0 Å². The lowest BCUT2D eigenvalue weighted by Gasteiger charge is -2.11. The van der Waals surface area contributed by atoms with E-state index >= 15 is 0 Å². The number of aromatic nitrogens is 1. The Bertz CT molecular complexity index is 1130. The normalized spacial score (nSPS) is 11.6. The molecule has 146 valence electrons. The van der Waals surface area contributed by atoms with E-state index in [0.717, 1.165) is 33.8 Å². The van der Waals surface area contributed by atoms with Gasteiger partial charge in [0.1, 0.15) is 11.6 Å². The molecule has 0 aliphatic rings. The summed E-state index contributed by atoms with van der Waals surface area (Å²) in [5.74, 6) is -2.38. The van der Waals surface area contributed by atoms with Gasteiger partial charge in [-0.3, -0.25) is 10.1 Å². The van der Waals surface area contributed by atoms with E-state index in [1.807, 2.05) is 0 Å². The molecule has 0 aliphatic carbocycles. The highest BCUT2D eigenvalue weighted by Gasteiger charge is 2.18. The fourth-order valence-corrected chi connectivity index (χ4v) is 3.92. The third-order valence-electron chi connectivity index (χ3n) is 3.83. The van der Waals surface area contributed by atoms with Crippen molar-refractivity contribution in [2.75, 3.05) is 19.4 Å². The first kappa shape index (κ1) is 20.1. The molecule has 0 spiro atoms. The molecule has 1 amide bonds. The topological polar surface area (TPSA) is 79.4 Å². The number of hydrogen-bond acceptors (Lipinski definition) is 5. The quantitative estimate of drug-likeness (QED) is 0.680. The number of halogens is 2. The van der Waals surface area contributed by atoms with Crippen molar-refractivity contribution in [2.45, 2.75) is 4.90 Å². The number of benzene rings is 2. The molecule has 0 fully saturated rings. The Kier molecular flexibility index (Phi) is 5.54. The lowest BCUT2D eigenvalue weighted by Crippen LogP contribution is -2.22. The van der Waals surface area contributed by atoms with Gasteiger partial charge in [0.15, 0.2) is 5.13 Å². The molecule has 0 aliphatic heterocycles. The largest absolute Gasteiger partial charge is 0.298 e. The van der Waals surface area contributed by atoms with E-state index in [-0.39, 0.29) is 10.0 Å². The SMILES string of the molecule is CN(C)S(=O)(=O)c1ccc(-c2csc(NC(=O)c3cc(F)ccc3F)n2)cc1. The van der Waals surface area contributed by atoms with Crippen LogP contribution in [0.2, 0.25) is 0 Å². The number of carbonyl (C=O) groups excluding carboxylic acids is 1. The van der Waals surface area contributed by atoms with Crippen molar-refractivity contribution in [1.82, 2.24) is 9.29 Å². The Balaban J connectivity index is 1.79. The minimum absolute atomic E-state index is 0.145. The summed E-state index contributed by atoms with van der Waals surface area (Å²) >= 11 is 1.11. The van der Waals surface area contributed by atoms with Gasteiger partial charge in [0.05, 0.1) is 16.2 Å². The standard InChI is InChI=1S/C18H15F2N3O3S2/c1-23(2)28(25,26)13-6-3-11(4-7-13)16-10-27-18(21-16)22-17(24)14-9-12(19)5-8-15(14)20/h3-10H,1-2H3,(H,21,22,24). The number of nitrogens with zero attached hydrogens (tertiary/aromatic N) is 2. The summed E-state index contributed by atoms with van der Waals surface area (Å²) in [6.07, 6.45) is 0. The highest BCUT2D eigenvalue weighted by molar-refractivity contribution is 7.89. The molecule has 1 aromatic heterocycles. The molecule has 6 nitrogen and oxygen atoms in total. The molecule has 2 aromatic carbocycles. The van der Waals surface area contributed by atoms with Crippen molar-refractivity contribution in [3.05, 3.63) is 65.0 Å². The first-order valence-corrected chi connectivity index (χ1v) is 10.3. The van der Waals surface area contributed by atoms with Crippen LogP contribution in [0.15, 0.2) is 52.7 Å². The van der Waals surface area contributed by atoms with Gasteiger partial charge >= 0.3 is 0 Å². The number of carbonyl (C=O) groups is 1. The maximum atomic E-state index is 13.7. The van der Waals surface area contributed by atoms with E-state index in [4.69, 9.17) is 0 Å². The summed E-state index contributed by atoms with van der Waals surface area (Å²) in [5.41, 5.74) is 0.732. The number of rotatable bonds is 5. The van der Waals surface area contributed by atoms with Gasteiger partial charge < -0.3 is 0 Å². The molecule has 3 rings (SSSR count). The van der Waals surface area contributed by atoms with E-state index in [1.165, 1.54) is 26.2 Å². The summed E-state index contributed by atoms with van der Waals surface area (Å²) in [7, 11) is -0.643. The summed E-state index contributed by atoms with van der Waals surface area (Å²) < 4.78 is 52.2. The molecule has 0 atom stereocenters. The first-order valence-electron chi connectivity index (χ1n) is 7.93. The zero-order valence-corrected chi connectivity index (χ0v) is 16.4. The van der Waals surface area contributed by atoms with Gasteiger partial charge in [-0.15, -0.1) is 11.3 Å². The molecule has 3 aromatic rings. The van der Waals surface area contributed by atoms with Crippen molar-refractivity contribution in [2.24, 2.45) is 0 Å². The highest BCUT2D eigenvalue weighted by Crippen LogP contribution is 2.27. The summed E-state index contributed by atoms with van der Waals surface area (Å²) in [5, 5.41) is 4.29. The molecule has 1 N–H and O–H groups in total. The van der Waals surface area contributed by atoms with Gasteiger partial charge in [-0.05, 0) is 30.3 Å². The molecule has 1 heterocycles. The monoisotopic (exact) mass is 423 g/mol. The zero-order chi connectivity index (χ0) is 20.5. The van der Waals surface area contributed by atoms with Crippen LogP contribution in [0.4, 0.5) is 13.9 Å². The first-order chi connectivity index (χ1) is 13.2. The minimum Gasteiger partial charge on any atom is -0.298 e. The van der Waals surface area contributed by atoms with Crippen molar-refractivity contribution in [3.63, 3.8) is 0 Å². The predicted octanol–water partition coefficient (Wildman–Crippen LogP) is 3.59. The molecular weight excluding hydrogens is 408 g/mol. The Morgan fingerprint density at radius 3 is 2.43 bits per heavy atom. The second-order valence-electron chi connectivity index (χ2n) is 5.93. The Hall–Kier alpha value is -2.69. The summed E-state index contributed by atoms with van der Waals surface area (Å²) in [6, 6.07) is 8.74. The lowest BCUT2D eigenvalue weighted by atomic mass is 10.2.